The summed E-state index contributed by atoms with van der Waals surface area (Å²) in [7, 11) is 0. The van der Waals surface area contributed by atoms with Crippen LogP contribution in [0.3, 0.4) is 0 Å². The van der Waals surface area contributed by atoms with Crippen molar-refractivity contribution in [3.63, 3.8) is 0 Å². The van der Waals surface area contributed by atoms with Gasteiger partial charge in [-0.3, -0.25) is 14.4 Å². The number of aldehydes is 1. The van der Waals surface area contributed by atoms with Crippen molar-refractivity contribution < 1.29 is 14.4 Å². The number of anilines is 1. The van der Waals surface area contributed by atoms with Crippen LogP contribution in [-0.4, -0.2) is 23.0 Å². The molecule has 2 N–H and O–H groups in total. The Balaban J connectivity index is 1.59. The zero-order valence-corrected chi connectivity index (χ0v) is 14.3. The van der Waals surface area contributed by atoms with Crippen LogP contribution in [0.2, 0.25) is 0 Å². The lowest BCUT2D eigenvalue weighted by molar-refractivity contribution is -0.117. The molecule has 1 saturated carbocycles. The lowest BCUT2D eigenvalue weighted by Gasteiger charge is -2.08. The molecule has 1 aliphatic rings. The van der Waals surface area contributed by atoms with Gasteiger partial charge in [-0.2, -0.15) is 0 Å². The Hall–Kier alpha value is -3.21. The monoisotopic (exact) mass is 346 g/mol. The fraction of sp³-hybridized carbons (Fsp3) is 0.190. The molecule has 3 aromatic rings. The number of H-pyrrole nitrogens is 1. The molecule has 1 heterocycles. The van der Waals surface area contributed by atoms with Crippen LogP contribution in [-0.2, 0) is 4.79 Å². The molecular weight excluding hydrogens is 328 g/mol. The molecule has 1 aliphatic carbocycles. The lowest BCUT2D eigenvalue weighted by Crippen LogP contribution is -2.15. The first-order chi connectivity index (χ1) is 12.6. The molecule has 4 rings (SSSR count). The van der Waals surface area contributed by atoms with E-state index in [1.54, 1.807) is 18.3 Å². The molecule has 130 valence electrons. The molecule has 0 radical (unpaired) electrons. The summed E-state index contributed by atoms with van der Waals surface area (Å²) in [4.78, 5) is 38.8. The zero-order valence-electron chi connectivity index (χ0n) is 14.3. The Bertz CT molecular complexity index is 1020. The Kier molecular flexibility index (Phi) is 3.92. The van der Waals surface area contributed by atoms with Crippen LogP contribution in [0, 0.1) is 5.92 Å². The molecule has 0 aliphatic heterocycles. The van der Waals surface area contributed by atoms with Crippen LogP contribution in [0.5, 0.6) is 0 Å². The molecule has 5 nitrogen and oxygen atoms in total. The number of ketones is 1. The van der Waals surface area contributed by atoms with Gasteiger partial charge in [-0.05, 0) is 37.0 Å². The predicted molar refractivity (Wildman–Crippen MR) is 99.6 cm³/mol. The van der Waals surface area contributed by atoms with E-state index in [-0.39, 0.29) is 23.5 Å². The fourth-order valence-electron chi connectivity index (χ4n) is 3.53. The minimum atomic E-state index is -0.151. The van der Waals surface area contributed by atoms with Gasteiger partial charge < -0.3 is 10.3 Å². The molecule has 1 aromatic heterocycles. The summed E-state index contributed by atoms with van der Waals surface area (Å²) in [5.41, 5.74) is 3.26. The van der Waals surface area contributed by atoms with Crippen molar-refractivity contribution in [1.82, 2.24) is 4.98 Å². The van der Waals surface area contributed by atoms with Crippen molar-refractivity contribution in [3.05, 3.63) is 65.4 Å². The van der Waals surface area contributed by atoms with Gasteiger partial charge in [0.15, 0.2) is 12.1 Å². The van der Waals surface area contributed by atoms with E-state index >= 15 is 0 Å². The van der Waals surface area contributed by atoms with Crippen LogP contribution in [0.15, 0.2) is 48.7 Å². The highest BCUT2D eigenvalue weighted by Crippen LogP contribution is 2.48. The maximum atomic E-state index is 12.6. The van der Waals surface area contributed by atoms with Crippen molar-refractivity contribution in [3.8, 4) is 0 Å². The quantitative estimate of drug-likeness (QED) is 0.543. The zero-order chi connectivity index (χ0) is 18.3. The first-order valence-corrected chi connectivity index (χ1v) is 8.55. The number of benzene rings is 2. The van der Waals surface area contributed by atoms with E-state index in [0.29, 0.717) is 27.7 Å². The van der Waals surface area contributed by atoms with Gasteiger partial charge in [-0.25, -0.2) is 0 Å². The predicted octanol–water partition coefficient (Wildman–Crippen LogP) is 3.93. The third kappa shape index (κ3) is 2.81. The van der Waals surface area contributed by atoms with Crippen molar-refractivity contribution in [2.45, 2.75) is 19.3 Å². The maximum Gasteiger partial charge on any atom is 0.228 e. The number of amides is 1. The SMILES string of the molecule is CC(=O)c1cc(NC(=O)C2C[C@H]2c2ccccc2)cc2[nH]cc(C=O)c12. The molecule has 1 unspecified atom stereocenters. The molecular formula is C21H18N2O3. The van der Waals surface area contributed by atoms with Crippen LogP contribution in [0.1, 0.15) is 45.5 Å². The highest BCUT2D eigenvalue weighted by Gasteiger charge is 2.43. The number of Topliss-reactive ketones (excluding diaryl/α,β-unsaturated/α-hetero) is 1. The number of rotatable bonds is 5. The van der Waals surface area contributed by atoms with Crippen molar-refractivity contribution >= 4 is 34.6 Å². The molecule has 5 heteroatoms. The number of hydrogen-bond donors (Lipinski definition) is 2. The van der Waals surface area contributed by atoms with Crippen molar-refractivity contribution in [1.29, 1.82) is 0 Å². The summed E-state index contributed by atoms with van der Waals surface area (Å²) in [6, 6.07) is 13.4. The second-order valence-electron chi connectivity index (χ2n) is 6.71. The summed E-state index contributed by atoms with van der Waals surface area (Å²) in [6.45, 7) is 1.45. The number of carbonyl (C=O) groups excluding carboxylic acids is 3. The van der Waals surface area contributed by atoms with Gasteiger partial charge in [0.05, 0.1) is 0 Å². The summed E-state index contributed by atoms with van der Waals surface area (Å²) >= 11 is 0. The highest BCUT2D eigenvalue weighted by molar-refractivity contribution is 6.13. The molecule has 1 amide bonds. The van der Waals surface area contributed by atoms with E-state index in [1.165, 1.54) is 12.5 Å². The smallest absolute Gasteiger partial charge is 0.228 e. The first-order valence-electron chi connectivity index (χ1n) is 8.55. The summed E-state index contributed by atoms with van der Waals surface area (Å²) < 4.78 is 0. The normalized spacial score (nSPS) is 18.5. The number of aromatic nitrogens is 1. The molecule has 0 saturated heterocycles. The minimum Gasteiger partial charge on any atom is -0.360 e. The number of carbonyl (C=O) groups is 3. The Morgan fingerprint density at radius 2 is 1.96 bits per heavy atom. The molecule has 2 aromatic carbocycles. The topological polar surface area (TPSA) is 79.0 Å². The second kappa shape index (κ2) is 6.26. The summed E-state index contributed by atoms with van der Waals surface area (Å²) in [5, 5.41) is 3.52. The Morgan fingerprint density at radius 1 is 1.19 bits per heavy atom. The van der Waals surface area contributed by atoms with Gasteiger partial charge in [0.1, 0.15) is 0 Å². The molecule has 2 atom stereocenters. The van der Waals surface area contributed by atoms with E-state index in [0.717, 1.165) is 12.7 Å². The van der Waals surface area contributed by atoms with Crippen LogP contribution in [0.25, 0.3) is 10.9 Å². The molecule has 1 fully saturated rings. The second-order valence-corrected chi connectivity index (χ2v) is 6.71. The van der Waals surface area contributed by atoms with Gasteiger partial charge in [0, 0.05) is 39.8 Å². The van der Waals surface area contributed by atoms with Crippen molar-refractivity contribution in [2.75, 3.05) is 5.32 Å². The average Bonchev–Trinajstić information content (AvgIpc) is 3.35. The van der Waals surface area contributed by atoms with Crippen LogP contribution >= 0.6 is 0 Å². The van der Waals surface area contributed by atoms with E-state index in [1.807, 2.05) is 30.3 Å². The Labute approximate surface area is 150 Å². The third-order valence-corrected chi connectivity index (χ3v) is 4.94. The van der Waals surface area contributed by atoms with E-state index < -0.39 is 0 Å². The van der Waals surface area contributed by atoms with Crippen LogP contribution < -0.4 is 5.32 Å². The molecule has 26 heavy (non-hydrogen) atoms. The lowest BCUT2D eigenvalue weighted by atomic mass is 10.0. The number of hydrogen-bond acceptors (Lipinski definition) is 3. The number of aromatic amines is 1. The van der Waals surface area contributed by atoms with Gasteiger partial charge in [-0.1, -0.05) is 30.3 Å². The maximum absolute atomic E-state index is 12.6. The van der Waals surface area contributed by atoms with Gasteiger partial charge in [0.2, 0.25) is 5.91 Å². The fourth-order valence-corrected chi connectivity index (χ4v) is 3.53. The van der Waals surface area contributed by atoms with Crippen molar-refractivity contribution in [2.24, 2.45) is 5.92 Å². The number of fused-ring (bicyclic) bond motifs is 1. The number of nitrogens with one attached hydrogen (secondary N) is 2. The van der Waals surface area contributed by atoms with Gasteiger partial charge in [0.25, 0.3) is 0 Å². The highest BCUT2D eigenvalue weighted by atomic mass is 16.2. The van der Waals surface area contributed by atoms with Gasteiger partial charge in [-0.15, -0.1) is 0 Å². The first kappa shape index (κ1) is 16.3. The molecule has 0 spiro atoms. The largest absolute Gasteiger partial charge is 0.360 e. The van der Waals surface area contributed by atoms with Gasteiger partial charge >= 0.3 is 0 Å². The van der Waals surface area contributed by atoms with E-state index in [2.05, 4.69) is 10.3 Å². The summed E-state index contributed by atoms with van der Waals surface area (Å²) in [5.74, 6) is -0.000305. The van der Waals surface area contributed by atoms with E-state index in [4.69, 9.17) is 0 Å². The summed E-state index contributed by atoms with van der Waals surface area (Å²) in [6.07, 6.45) is 3.12. The van der Waals surface area contributed by atoms with E-state index in [9.17, 15) is 14.4 Å². The third-order valence-electron chi connectivity index (χ3n) is 4.94. The molecule has 0 bridgehead atoms. The average molecular weight is 346 g/mol. The minimum absolute atomic E-state index is 0.0464. The standard InChI is InChI=1S/C21H18N2O3/c1-12(25)16-7-15(8-19-20(16)14(11-24)10-22-19)23-21(26)18-9-17(18)13-5-3-2-4-6-13/h2-8,10-11,17-18,22H,9H2,1H3,(H,23,26)/t17-,18?/m0/s1. The Morgan fingerprint density at radius 3 is 2.65 bits per heavy atom. The van der Waals surface area contributed by atoms with Crippen LogP contribution in [0.4, 0.5) is 5.69 Å².